The van der Waals surface area contributed by atoms with Gasteiger partial charge in [-0.15, -0.1) is 0 Å². The number of primary amides is 1. The van der Waals surface area contributed by atoms with Crippen LogP contribution in [0.3, 0.4) is 0 Å². The average molecular weight is 627 g/mol. The van der Waals surface area contributed by atoms with Crippen molar-refractivity contribution in [3.05, 3.63) is 109 Å². The zero-order valence-corrected chi connectivity index (χ0v) is 26.1. The van der Waals surface area contributed by atoms with E-state index < -0.39 is 23.5 Å². The number of carbonyl (C=O) groups is 3. The molecule has 0 bridgehead atoms. The number of nitrogens with one attached hydrogen (secondary N) is 4. The molecule has 11 heteroatoms. The molecule has 1 heterocycles. The average Bonchev–Trinajstić information content (AvgIpc) is 3.39. The molecule has 6 rings (SSSR count). The molecule has 11 nitrogen and oxygen atoms in total. The van der Waals surface area contributed by atoms with E-state index in [0.717, 1.165) is 21.5 Å². The van der Waals surface area contributed by atoms with Gasteiger partial charge in [0, 0.05) is 22.6 Å². The number of nitrogens with zero attached hydrogens (tertiary/aromatic N) is 2. The third-order valence-corrected chi connectivity index (χ3v) is 7.60. The zero-order chi connectivity index (χ0) is 33.3. The molecule has 0 fully saturated rings. The molecule has 236 valence electrons. The molecular formula is C36H34N8O3. The molecule has 6 aromatic rings. The second-order valence-electron chi connectivity index (χ2n) is 12.1. The van der Waals surface area contributed by atoms with Gasteiger partial charge in [-0.25, -0.2) is 14.3 Å². The van der Waals surface area contributed by atoms with Crippen molar-refractivity contribution in [2.75, 3.05) is 27.0 Å². The second kappa shape index (κ2) is 12.2. The van der Waals surface area contributed by atoms with Crippen LogP contribution in [0.2, 0.25) is 0 Å². The quantitative estimate of drug-likeness (QED) is 0.112. The summed E-state index contributed by atoms with van der Waals surface area (Å²) in [6, 6.07) is 30.7. The van der Waals surface area contributed by atoms with Crippen LogP contribution in [-0.4, -0.2) is 27.7 Å². The largest absolute Gasteiger partial charge is 0.383 e. The maximum absolute atomic E-state index is 13.3. The maximum Gasteiger partial charge on any atom is 0.323 e. The van der Waals surface area contributed by atoms with Crippen molar-refractivity contribution in [1.82, 2.24) is 9.78 Å². The second-order valence-corrected chi connectivity index (χ2v) is 12.1. The molecule has 0 saturated carbocycles. The van der Waals surface area contributed by atoms with Crippen LogP contribution in [0.25, 0.3) is 32.8 Å². The predicted molar refractivity (Wildman–Crippen MR) is 189 cm³/mol. The smallest absolute Gasteiger partial charge is 0.323 e. The minimum atomic E-state index is -0.785. The first-order valence-electron chi connectivity index (χ1n) is 14.9. The Morgan fingerprint density at radius 3 is 1.62 bits per heavy atom. The Morgan fingerprint density at radius 1 is 0.638 bits per heavy atom. The van der Waals surface area contributed by atoms with E-state index in [1.165, 1.54) is 4.68 Å². The number of nitrogens with two attached hydrogens (primary N) is 2. The highest BCUT2D eigenvalue weighted by Gasteiger charge is 2.28. The van der Waals surface area contributed by atoms with Crippen molar-refractivity contribution in [2.24, 2.45) is 5.73 Å². The van der Waals surface area contributed by atoms with E-state index in [0.29, 0.717) is 28.3 Å². The number of amides is 5. The number of aromatic nitrogens is 2. The number of hydrogen-bond donors (Lipinski definition) is 6. The summed E-state index contributed by atoms with van der Waals surface area (Å²) in [6.45, 7) is 5.66. The van der Waals surface area contributed by atoms with Gasteiger partial charge < -0.3 is 32.7 Å². The fraction of sp³-hybridized carbons (Fsp3) is 0.111. The molecule has 0 aliphatic heterocycles. The molecule has 47 heavy (non-hydrogen) atoms. The molecular weight excluding hydrogens is 592 g/mol. The number of benzene rings is 5. The van der Waals surface area contributed by atoms with Gasteiger partial charge in [-0.2, -0.15) is 5.10 Å². The Balaban J connectivity index is 1.33. The lowest BCUT2D eigenvalue weighted by Crippen LogP contribution is -2.25. The van der Waals surface area contributed by atoms with Gasteiger partial charge in [-0.3, -0.25) is 4.79 Å². The summed E-state index contributed by atoms with van der Waals surface area (Å²) >= 11 is 0. The van der Waals surface area contributed by atoms with Gasteiger partial charge >= 0.3 is 12.1 Å². The van der Waals surface area contributed by atoms with Crippen molar-refractivity contribution < 1.29 is 14.4 Å². The molecule has 0 aliphatic carbocycles. The first kappa shape index (κ1) is 30.7. The molecule has 0 saturated heterocycles. The first-order chi connectivity index (χ1) is 22.5. The normalized spacial score (nSPS) is 11.3. The lowest BCUT2D eigenvalue weighted by Gasteiger charge is -2.20. The minimum Gasteiger partial charge on any atom is -0.383 e. The molecule has 0 unspecified atom stereocenters. The number of nitrogen functional groups attached to an aromatic ring is 1. The van der Waals surface area contributed by atoms with Gasteiger partial charge in [-0.1, -0.05) is 60.7 Å². The summed E-state index contributed by atoms with van der Waals surface area (Å²) in [6.07, 6.45) is 0. The number of hydrogen-bond acceptors (Lipinski definition) is 5. The number of rotatable bonds is 6. The van der Waals surface area contributed by atoms with E-state index in [4.69, 9.17) is 11.5 Å². The molecule has 0 aliphatic rings. The number of urea groups is 2. The molecule has 1 aromatic heterocycles. The highest BCUT2D eigenvalue weighted by molar-refractivity contribution is 6.09. The fourth-order valence-corrected chi connectivity index (χ4v) is 5.41. The first-order valence-corrected chi connectivity index (χ1v) is 14.9. The van der Waals surface area contributed by atoms with Gasteiger partial charge in [0.15, 0.2) is 0 Å². The summed E-state index contributed by atoms with van der Waals surface area (Å²) in [5.74, 6) is -0.703. The Kier molecular flexibility index (Phi) is 7.96. The van der Waals surface area contributed by atoms with E-state index >= 15 is 0 Å². The Morgan fingerprint density at radius 2 is 1.11 bits per heavy atom. The third kappa shape index (κ3) is 6.54. The number of carbonyl (C=O) groups excluding carboxylic acids is 3. The summed E-state index contributed by atoms with van der Waals surface area (Å²) in [7, 11) is 0. The highest BCUT2D eigenvalue weighted by atomic mass is 16.2. The van der Waals surface area contributed by atoms with Crippen LogP contribution in [0.1, 0.15) is 31.1 Å². The van der Waals surface area contributed by atoms with Crippen LogP contribution < -0.4 is 32.7 Å². The monoisotopic (exact) mass is 626 g/mol. The number of fused-ring (bicyclic) bond motifs is 2. The van der Waals surface area contributed by atoms with E-state index in [1.807, 2.05) is 99.6 Å². The van der Waals surface area contributed by atoms with Crippen molar-refractivity contribution in [3.63, 3.8) is 0 Å². The van der Waals surface area contributed by atoms with Crippen LogP contribution >= 0.6 is 0 Å². The van der Waals surface area contributed by atoms with Gasteiger partial charge in [0.1, 0.15) is 17.1 Å². The fourth-order valence-electron chi connectivity index (χ4n) is 5.41. The van der Waals surface area contributed by atoms with E-state index in [2.05, 4.69) is 26.4 Å². The van der Waals surface area contributed by atoms with Crippen LogP contribution in [0, 0.1) is 0 Å². The molecule has 5 aromatic carbocycles. The molecule has 8 N–H and O–H groups in total. The van der Waals surface area contributed by atoms with Crippen molar-refractivity contribution in [2.45, 2.75) is 26.3 Å². The third-order valence-electron chi connectivity index (χ3n) is 7.60. The van der Waals surface area contributed by atoms with Crippen molar-refractivity contribution in [3.8, 4) is 11.3 Å². The topological polar surface area (TPSA) is 169 Å². The van der Waals surface area contributed by atoms with E-state index in [1.54, 1.807) is 24.3 Å². The maximum atomic E-state index is 13.3. The molecule has 0 radical (unpaired) electrons. The van der Waals surface area contributed by atoms with Crippen LogP contribution in [-0.2, 0) is 5.54 Å². The van der Waals surface area contributed by atoms with Crippen molar-refractivity contribution in [1.29, 1.82) is 0 Å². The van der Waals surface area contributed by atoms with E-state index in [-0.39, 0.29) is 17.1 Å². The summed E-state index contributed by atoms with van der Waals surface area (Å²) < 4.78 is 1.51. The highest BCUT2D eigenvalue weighted by Crippen LogP contribution is 2.37. The predicted octanol–water partition coefficient (Wildman–Crippen LogP) is 7.58. The molecule has 5 amide bonds. The minimum absolute atomic E-state index is 0.00400. The SMILES string of the molecule is CC(C)(C)n1nc(-c2cc(NC(=O)Nc3ccc4ccccc4c3)ccc2NC(=O)Nc2ccc3ccccc3c2)c(C(N)=O)c1N. The van der Waals surface area contributed by atoms with Crippen molar-refractivity contribution >= 4 is 68.1 Å². The summed E-state index contributed by atoms with van der Waals surface area (Å²) in [5.41, 5.74) is 14.0. The van der Waals surface area contributed by atoms with Gasteiger partial charge in [0.2, 0.25) is 0 Å². The Hall–Kier alpha value is -6.36. The standard InChI is InChI=1S/C36H34N8O3/c1-36(2,3)44-32(37)30(33(38)45)31(43-44)28-20-27(41-34(46)39-25-14-12-21-8-4-6-10-23(21)18-25)16-17-29(28)42-35(47)40-26-15-13-22-9-5-7-11-24(22)19-26/h4-20H,37H2,1-3H3,(H2,38,45)(H2,39,41,46)(H2,40,42,47). The van der Waals surface area contributed by atoms with Gasteiger partial charge in [0.05, 0.1) is 11.2 Å². The lowest BCUT2D eigenvalue weighted by atomic mass is 10.0. The Labute approximate surface area is 270 Å². The lowest BCUT2D eigenvalue weighted by molar-refractivity contribution is 0.100. The van der Waals surface area contributed by atoms with E-state index in [9.17, 15) is 14.4 Å². The molecule has 0 atom stereocenters. The number of anilines is 5. The zero-order valence-electron chi connectivity index (χ0n) is 26.1. The van der Waals surface area contributed by atoms with Crippen LogP contribution in [0.15, 0.2) is 103 Å². The summed E-state index contributed by atoms with van der Waals surface area (Å²) in [4.78, 5) is 39.0. The molecule has 0 spiro atoms. The van der Waals surface area contributed by atoms with Gasteiger partial charge in [0.25, 0.3) is 5.91 Å². The van der Waals surface area contributed by atoms with Crippen LogP contribution in [0.5, 0.6) is 0 Å². The van der Waals surface area contributed by atoms with Gasteiger partial charge in [-0.05, 0) is 84.8 Å². The van der Waals surface area contributed by atoms with Crippen LogP contribution in [0.4, 0.5) is 38.2 Å². The Bertz CT molecular complexity index is 2180. The summed E-state index contributed by atoms with van der Waals surface area (Å²) in [5, 5.41) is 20.1.